The van der Waals surface area contributed by atoms with Gasteiger partial charge in [-0.05, 0) is 47.5 Å². The molecule has 1 rings (SSSR count). The van der Waals surface area contributed by atoms with Gasteiger partial charge in [-0.1, -0.05) is 18.5 Å². The Hall–Kier alpha value is -1.07. The van der Waals surface area contributed by atoms with Crippen LogP contribution in [0.2, 0.25) is 5.02 Å². The van der Waals surface area contributed by atoms with Crippen molar-refractivity contribution in [3.63, 3.8) is 0 Å². The zero-order chi connectivity index (χ0) is 14.6. The van der Waals surface area contributed by atoms with Crippen molar-refractivity contribution in [2.75, 3.05) is 6.54 Å². The van der Waals surface area contributed by atoms with Crippen molar-refractivity contribution in [3.05, 3.63) is 33.3 Å². The highest BCUT2D eigenvalue weighted by atomic mass is 79.9. The van der Waals surface area contributed by atoms with Gasteiger partial charge in [-0.3, -0.25) is 9.59 Å². The maximum atomic E-state index is 12.0. The first kappa shape index (κ1) is 16.0. The molecular weight excluding hydrogens is 334 g/mol. The number of carboxylic acid groups (broad SMARTS) is 1. The monoisotopic (exact) mass is 347 g/mol. The number of carbonyl (C=O) groups is 2. The highest BCUT2D eigenvalue weighted by molar-refractivity contribution is 9.10. The van der Waals surface area contributed by atoms with Gasteiger partial charge in [0.05, 0.1) is 11.0 Å². The van der Waals surface area contributed by atoms with Crippen molar-refractivity contribution >= 4 is 39.4 Å². The molecule has 0 radical (unpaired) electrons. The summed E-state index contributed by atoms with van der Waals surface area (Å²) in [7, 11) is 0. The Bertz CT molecular complexity index is 507. The number of halogens is 2. The van der Waals surface area contributed by atoms with Crippen LogP contribution in [0.4, 0.5) is 0 Å². The van der Waals surface area contributed by atoms with Crippen LogP contribution in [-0.2, 0) is 4.79 Å². The molecule has 2 N–H and O–H groups in total. The molecule has 0 bridgehead atoms. The Morgan fingerprint density at radius 3 is 2.58 bits per heavy atom. The number of hydrogen-bond donors (Lipinski definition) is 2. The van der Waals surface area contributed by atoms with E-state index in [1.165, 1.54) is 0 Å². The van der Waals surface area contributed by atoms with Crippen LogP contribution >= 0.6 is 27.5 Å². The lowest BCUT2D eigenvalue weighted by molar-refractivity contribution is -0.147. The molecular formula is C13H15BrClNO3. The Labute approximate surface area is 125 Å². The molecule has 0 spiro atoms. The van der Waals surface area contributed by atoms with Gasteiger partial charge in [0.25, 0.3) is 5.91 Å². The Morgan fingerprint density at radius 1 is 1.47 bits per heavy atom. The van der Waals surface area contributed by atoms with Crippen LogP contribution in [-0.4, -0.2) is 23.5 Å². The second-order valence-corrected chi connectivity index (χ2v) is 5.82. The zero-order valence-corrected chi connectivity index (χ0v) is 13.0. The number of nitrogens with one attached hydrogen (secondary N) is 1. The standard InChI is InChI=1S/C13H15BrClNO3/c1-3-13(2,12(18)19)7-16-11(17)9-5-4-8(15)6-10(9)14/h4-6H,3,7H2,1-2H3,(H,16,17)(H,18,19). The quantitative estimate of drug-likeness (QED) is 0.857. The van der Waals surface area contributed by atoms with E-state index in [0.29, 0.717) is 21.5 Å². The Balaban J connectivity index is 2.78. The van der Waals surface area contributed by atoms with E-state index in [4.69, 9.17) is 16.7 Å². The SMILES string of the molecule is CCC(C)(CNC(=O)c1ccc(Cl)cc1Br)C(=O)O. The third kappa shape index (κ3) is 3.94. The Kier molecular flexibility index (Phi) is 5.38. The molecule has 1 atom stereocenters. The van der Waals surface area contributed by atoms with Crippen molar-refractivity contribution in [1.29, 1.82) is 0 Å². The third-order valence-corrected chi connectivity index (χ3v) is 4.00. The van der Waals surface area contributed by atoms with Gasteiger partial charge in [0, 0.05) is 16.0 Å². The van der Waals surface area contributed by atoms with E-state index < -0.39 is 11.4 Å². The minimum Gasteiger partial charge on any atom is -0.481 e. The molecule has 0 aromatic heterocycles. The largest absolute Gasteiger partial charge is 0.481 e. The summed E-state index contributed by atoms with van der Waals surface area (Å²) < 4.78 is 0.575. The van der Waals surface area contributed by atoms with E-state index in [9.17, 15) is 9.59 Å². The topological polar surface area (TPSA) is 66.4 Å². The van der Waals surface area contributed by atoms with Crippen LogP contribution in [0.3, 0.4) is 0 Å². The minimum atomic E-state index is -0.964. The molecule has 0 saturated heterocycles. The molecule has 1 aromatic carbocycles. The average molecular weight is 349 g/mol. The molecule has 0 heterocycles. The highest BCUT2D eigenvalue weighted by Gasteiger charge is 2.31. The van der Waals surface area contributed by atoms with Crippen LogP contribution in [0.25, 0.3) is 0 Å². The van der Waals surface area contributed by atoms with E-state index in [1.807, 2.05) is 0 Å². The van der Waals surface area contributed by atoms with E-state index in [1.54, 1.807) is 32.0 Å². The molecule has 0 aliphatic rings. The fraction of sp³-hybridized carbons (Fsp3) is 0.385. The second-order valence-electron chi connectivity index (χ2n) is 4.53. The number of amides is 1. The summed E-state index contributed by atoms with van der Waals surface area (Å²) in [5.41, 5.74) is -0.539. The van der Waals surface area contributed by atoms with Crippen molar-refractivity contribution < 1.29 is 14.7 Å². The van der Waals surface area contributed by atoms with Gasteiger partial charge in [0.2, 0.25) is 0 Å². The molecule has 1 unspecified atom stereocenters. The van der Waals surface area contributed by atoms with Gasteiger partial charge < -0.3 is 10.4 Å². The number of rotatable bonds is 5. The number of benzene rings is 1. The van der Waals surface area contributed by atoms with Crippen molar-refractivity contribution in [1.82, 2.24) is 5.32 Å². The zero-order valence-electron chi connectivity index (χ0n) is 10.7. The van der Waals surface area contributed by atoms with Crippen LogP contribution in [0.15, 0.2) is 22.7 Å². The molecule has 0 aliphatic carbocycles. The number of carbonyl (C=O) groups excluding carboxylic acids is 1. The predicted molar refractivity (Wildman–Crippen MR) is 77.5 cm³/mol. The Morgan fingerprint density at radius 2 is 2.11 bits per heavy atom. The van der Waals surface area contributed by atoms with E-state index in [0.717, 1.165) is 0 Å². The summed E-state index contributed by atoms with van der Waals surface area (Å²) in [4.78, 5) is 23.1. The maximum Gasteiger partial charge on any atom is 0.311 e. The van der Waals surface area contributed by atoms with Crippen LogP contribution in [0.1, 0.15) is 30.6 Å². The van der Waals surface area contributed by atoms with Gasteiger partial charge in [0.15, 0.2) is 0 Å². The number of carboxylic acids is 1. The molecule has 1 aromatic rings. The van der Waals surface area contributed by atoms with Crippen molar-refractivity contribution in [2.45, 2.75) is 20.3 Å². The lowest BCUT2D eigenvalue weighted by Gasteiger charge is -2.23. The van der Waals surface area contributed by atoms with E-state index in [2.05, 4.69) is 21.2 Å². The molecule has 1 amide bonds. The van der Waals surface area contributed by atoms with Gasteiger partial charge in [-0.15, -0.1) is 0 Å². The predicted octanol–water partition coefficient (Wildman–Crippen LogP) is 3.33. The molecule has 104 valence electrons. The first-order valence-corrected chi connectivity index (χ1v) is 6.94. The molecule has 0 saturated carbocycles. The van der Waals surface area contributed by atoms with Crippen molar-refractivity contribution in [3.8, 4) is 0 Å². The van der Waals surface area contributed by atoms with Crippen LogP contribution in [0, 0.1) is 5.41 Å². The summed E-state index contributed by atoms with van der Waals surface area (Å²) in [6.45, 7) is 3.46. The maximum absolute atomic E-state index is 12.0. The smallest absolute Gasteiger partial charge is 0.311 e. The molecule has 4 nitrogen and oxygen atoms in total. The first-order chi connectivity index (χ1) is 8.80. The second kappa shape index (κ2) is 6.39. The van der Waals surface area contributed by atoms with Crippen molar-refractivity contribution in [2.24, 2.45) is 5.41 Å². The first-order valence-electron chi connectivity index (χ1n) is 5.77. The lowest BCUT2D eigenvalue weighted by Crippen LogP contribution is -2.40. The molecule has 0 aliphatic heterocycles. The highest BCUT2D eigenvalue weighted by Crippen LogP contribution is 2.23. The van der Waals surface area contributed by atoms with Crippen LogP contribution in [0.5, 0.6) is 0 Å². The molecule has 19 heavy (non-hydrogen) atoms. The molecule has 6 heteroatoms. The van der Waals surface area contributed by atoms with Gasteiger partial charge >= 0.3 is 5.97 Å². The number of aliphatic carboxylic acids is 1. The third-order valence-electron chi connectivity index (χ3n) is 3.11. The average Bonchev–Trinajstić information content (AvgIpc) is 2.35. The fourth-order valence-corrected chi connectivity index (χ4v) is 2.26. The summed E-state index contributed by atoms with van der Waals surface area (Å²) in [5.74, 6) is -1.25. The summed E-state index contributed by atoms with van der Waals surface area (Å²) in [6.07, 6.45) is 0.435. The minimum absolute atomic E-state index is 0.0761. The molecule has 0 fully saturated rings. The van der Waals surface area contributed by atoms with Gasteiger partial charge in [0.1, 0.15) is 0 Å². The summed E-state index contributed by atoms with van der Waals surface area (Å²) in [5, 5.41) is 12.3. The van der Waals surface area contributed by atoms with Gasteiger partial charge in [-0.25, -0.2) is 0 Å². The fourth-order valence-electron chi connectivity index (χ4n) is 1.40. The van der Waals surface area contributed by atoms with Gasteiger partial charge in [-0.2, -0.15) is 0 Å². The lowest BCUT2D eigenvalue weighted by atomic mass is 9.87. The van der Waals surface area contributed by atoms with E-state index in [-0.39, 0.29) is 12.5 Å². The van der Waals surface area contributed by atoms with Crippen LogP contribution < -0.4 is 5.32 Å². The summed E-state index contributed by atoms with van der Waals surface area (Å²) in [6, 6.07) is 4.82. The normalized spacial score (nSPS) is 13.7. The number of hydrogen-bond acceptors (Lipinski definition) is 2. The van der Waals surface area contributed by atoms with E-state index >= 15 is 0 Å². The summed E-state index contributed by atoms with van der Waals surface area (Å²) >= 11 is 9.05.